The highest BCUT2D eigenvalue weighted by atomic mass is 19.1. The SMILES string of the molecule is CCNC(c1ccc(F)cc1)c1cccc(F)c1. The first kappa shape index (κ1) is 12.7. The van der Waals surface area contributed by atoms with Crippen molar-refractivity contribution < 1.29 is 8.78 Å². The molecule has 0 aliphatic heterocycles. The second-order valence-corrected chi connectivity index (χ2v) is 4.10. The van der Waals surface area contributed by atoms with Gasteiger partial charge < -0.3 is 5.32 Å². The lowest BCUT2D eigenvalue weighted by Gasteiger charge is -2.19. The Kier molecular flexibility index (Phi) is 4.05. The Morgan fingerprint density at radius 3 is 2.28 bits per heavy atom. The summed E-state index contributed by atoms with van der Waals surface area (Å²) in [4.78, 5) is 0. The number of nitrogens with one attached hydrogen (secondary N) is 1. The van der Waals surface area contributed by atoms with Gasteiger partial charge in [0.1, 0.15) is 11.6 Å². The van der Waals surface area contributed by atoms with Crippen LogP contribution in [0, 0.1) is 11.6 Å². The molecule has 1 N–H and O–H groups in total. The van der Waals surface area contributed by atoms with Gasteiger partial charge in [0.15, 0.2) is 0 Å². The van der Waals surface area contributed by atoms with Gasteiger partial charge in [-0.05, 0) is 41.9 Å². The summed E-state index contributed by atoms with van der Waals surface area (Å²) in [5.74, 6) is -0.536. The quantitative estimate of drug-likeness (QED) is 0.869. The van der Waals surface area contributed by atoms with Crippen LogP contribution in [0.5, 0.6) is 0 Å². The Morgan fingerprint density at radius 1 is 0.944 bits per heavy atom. The van der Waals surface area contributed by atoms with Gasteiger partial charge in [-0.3, -0.25) is 0 Å². The van der Waals surface area contributed by atoms with Crippen molar-refractivity contribution in [2.45, 2.75) is 13.0 Å². The van der Waals surface area contributed by atoms with Crippen molar-refractivity contribution in [1.29, 1.82) is 0 Å². The molecule has 0 amide bonds. The lowest BCUT2D eigenvalue weighted by atomic mass is 9.98. The molecule has 0 aromatic heterocycles. The summed E-state index contributed by atoms with van der Waals surface area (Å²) in [6.07, 6.45) is 0. The molecule has 2 rings (SSSR count). The third-order valence-corrected chi connectivity index (χ3v) is 2.79. The number of hydrogen-bond donors (Lipinski definition) is 1. The summed E-state index contributed by atoms with van der Waals surface area (Å²) in [5.41, 5.74) is 1.76. The molecule has 0 spiro atoms. The molecule has 1 unspecified atom stereocenters. The molecule has 2 aromatic carbocycles. The first-order valence-electron chi connectivity index (χ1n) is 5.95. The van der Waals surface area contributed by atoms with Crippen molar-refractivity contribution in [3.8, 4) is 0 Å². The fourth-order valence-electron chi connectivity index (χ4n) is 1.97. The summed E-state index contributed by atoms with van der Waals surface area (Å²) >= 11 is 0. The van der Waals surface area contributed by atoms with Gasteiger partial charge in [0.05, 0.1) is 6.04 Å². The van der Waals surface area contributed by atoms with E-state index in [-0.39, 0.29) is 17.7 Å². The summed E-state index contributed by atoms with van der Waals surface area (Å²) in [5, 5.41) is 3.27. The van der Waals surface area contributed by atoms with Crippen LogP contribution in [0.4, 0.5) is 8.78 Å². The Bertz CT molecular complexity index is 508. The van der Waals surface area contributed by atoms with E-state index in [1.165, 1.54) is 24.3 Å². The Morgan fingerprint density at radius 2 is 1.67 bits per heavy atom. The van der Waals surface area contributed by atoms with Crippen LogP contribution < -0.4 is 5.32 Å². The van der Waals surface area contributed by atoms with E-state index in [1.807, 2.05) is 13.0 Å². The zero-order valence-electron chi connectivity index (χ0n) is 10.2. The van der Waals surface area contributed by atoms with Gasteiger partial charge in [0.25, 0.3) is 0 Å². The van der Waals surface area contributed by atoms with Gasteiger partial charge in [-0.15, -0.1) is 0 Å². The highest BCUT2D eigenvalue weighted by Crippen LogP contribution is 2.22. The lowest BCUT2D eigenvalue weighted by Crippen LogP contribution is -2.22. The minimum Gasteiger partial charge on any atom is -0.307 e. The average Bonchev–Trinajstić information content (AvgIpc) is 2.37. The highest BCUT2D eigenvalue weighted by Gasteiger charge is 2.13. The van der Waals surface area contributed by atoms with Gasteiger partial charge in [-0.1, -0.05) is 31.2 Å². The molecule has 18 heavy (non-hydrogen) atoms. The van der Waals surface area contributed by atoms with Crippen LogP contribution in [0.1, 0.15) is 24.1 Å². The molecule has 0 heterocycles. The van der Waals surface area contributed by atoms with E-state index >= 15 is 0 Å². The van der Waals surface area contributed by atoms with Crippen LogP contribution in [0.3, 0.4) is 0 Å². The third kappa shape index (κ3) is 2.93. The Hall–Kier alpha value is -1.74. The molecule has 0 fully saturated rings. The summed E-state index contributed by atoms with van der Waals surface area (Å²) in [6, 6.07) is 12.6. The minimum absolute atomic E-state index is 0.119. The molecule has 0 bridgehead atoms. The second kappa shape index (κ2) is 5.74. The van der Waals surface area contributed by atoms with Crippen molar-refractivity contribution in [1.82, 2.24) is 5.32 Å². The maximum absolute atomic E-state index is 13.3. The number of rotatable bonds is 4. The number of benzene rings is 2. The smallest absolute Gasteiger partial charge is 0.123 e. The molecule has 0 aliphatic rings. The van der Waals surface area contributed by atoms with Crippen LogP contribution in [0.25, 0.3) is 0 Å². The van der Waals surface area contributed by atoms with Crippen molar-refractivity contribution in [2.24, 2.45) is 0 Å². The van der Waals surface area contributed by atoms with Gasteiger partial charge in [0.2, 0.25) is 0 Å². The maximum atomic E-state index is 13.3. The molecular weight excluding hydrogens is 232 g/mol. The lowest BCUT2D eigenvalue weighted by molar-refractivity contribution is 0.599. The molecule has 1 atom stereocenters. The molecule has 0 aliphatic carbocycles. The predicted octanol–water partition coefficient (Wildman–Crippen LogP) is 3.66. The molecule has 0 saturated heterocycles. The van der Waals surface area contributed by atoms with Gasteiger partial charge in [0, 0.05) is 0 Å². The molecule has 2 aromatic rings. The number of halogens is 2. The normalized spacial score (nSPS) is 12.4. The van der Waals surface area contributed by atoms with Crippen molar-refractivity contribution in [3.63, 3.8) is 0 Å². The van der Waals surface area contributed by atoms with E-state index in [1.54, 1.807) is 18.2 Å². The topological polar surface area (TPSA) is 12.0 Å². The fourth-order valence-corrected chi connectivity index (χ4v) is 1.97. The van der Waals surface area contributed by atoms with E-state index in [9.17, 15) is 8.78 Å². The molecule has 94 valence electrons. The maximum Gasteiger partial charge on any atom is 0.123 e. The van der Waals surface area contributed by atoms with Gasteiger partial charge >= 0.3 is 0 Å². The monoisotopic (exact) mass is 247 g/mol. The summed E-state index contributed by atoms with van der Waals surface area (Å²) in [6.45, 7) is 2.73. The summed E-state index contributed by atoms with van der Waals surface area (Å²) in [7, 11) is 0. The van der Waals surface area contributed by atoms with Gasteiger partial charge in [-0.2, -0.15) is 0 Å². The van der Waals surface area contributed by atoms with E-state index in [0.29, 0.717) is 0 Å². The zero-order valence-corrected chi connectivity index (χ0v) is 10.2. The summed E-state index contributed by atoms with van der Waals surface area (Å²) < 4.78 is 26.2. The van der Waals surface area contributed by atoms with E-state index in [0.717, 1.165) is 17.7 Å². The highest BCUT2D eigenvalue weighted by molar-refractivity contribution is 5.32. The zero-order chi connectivity index (χ0) is 13.0. The largest absolute Gasteiger partial charge is 0.307 e. The second-order valence-electron chi connectivity index (χ2n) is 4.10. The molecule has 3 heteroatoms. The first-order chi connectivity index (χ1) is 8.70. The Labute approximate surface area is 105 Å². The van der Waals surface area contributed by atoms with Crippen LogP contribution in [0.15, 0.2) is 48.5 Å². The van der Waals surface area contributed by atoms with Crippen molar-refractivity contribution in [2.75, 3.05) is 6.54 Å². The van der Waals surface area contributed by atoms with E-state index in [4.69, 9.17) is 0 Å². The predicted molar refractivity (Wildman–Crippen MR) is 68.3 cm³/mol. The van der Waals surface area contributed by atoms with Crippen LogP contribution in [-0.2, 0) is 0 Å². The number of hydrogen-bond acceptors (Lipinski definition) is 1. The van der Waals surface area contributed by atoms with E-state index < -0.39 is 0 Å². The standard InChI is InChI=1S/C15H15F2N/c1-2-18-15(11-6-8-13(16)9-7-11)12-4-3-5-14(17)10-12/h3-10,15,18H,2H2,1H3. The Balaban J connectivity index is 2.36. The average molecular weight is 247 g/mol. The van der Waals surface area contributed by atoms with Crippen LogP contribution in [0.2, 0.25) is 0 Å². The van der Waals surface area contributed by atoms with Crippen molar-refractivity contribution in [3.05, 3.63) is 71.3 Å². The molecular formula is C15H15F2N. The first-order valence-corrected chi connectivity index (χ1v) is 5.95. The minimum atomic E-state index is -0.270. The third-order valence-electron chi connectivity index (χ3n) is 2.79. The van der Waals surface area contributed by atoms with Crippen molar-refractivity contribution >= 4 is 0 Å². The van der Waals surface area contributed by atoms with Crippen LogP contribution >= 0.6 is 0 Å². The van der Waals surface area contributed by atoms with Gasteiger partial charge in [-0.25, -0.2) is 8.78 Å². The van der Waals surface area contributed by atoms with E-state index in [2.05, 4.69) is 5.32 Å². The molecule has 0 saturated carbocycles. The molecule has 1 nitrogen and oxygen atoms in total. The van der Waals surface area contributed by atoms with Crippen LogP contribution in [-0.4, -0.2) is 6.54 Å². The fraction of sp³-hybridized carbons (Fsp3) is 0.200. The molecule has 0 radical (unpaired) electrons.